The molecule has 4 rings (SSSR count). The number of hydrogen-bond acceptors (Lipinski definition) is 6. The number of benzene rings is 3. The van der Waals surface area contributed by atoms with Crippen molar-refractivity contribution in [3.8, 4) is 11.5 Å². The highest BCUT2D eigenvalue weighted by molar-refractivity contribution is 8.00. The van der Waals surface area contributed by atoms with E-state index in [9.17, 15) is 5.11 Å². The zero-order chi connectivity index (χ0) is 21.1. The third kappa shape index (κ3) is 4.57. The van der Waals surface area contributed by atoms with Crippen molar-refractivity contribution in [2.75, 3.05) is 7.11 Å². The van der Waals surface area contributed by atoms with Gasteiger partial charge in [-0.25, -0.2) is 4.98 Å². The van der Waals surface area contributed by atoms with Gasteiger partial charge >= 0.3 is 0 Å². The summed E-state index contributed by atoms with van der Waals surface area (Å²) in [6, 6.07) is 16.6. The first-order valence-electron chi connectivity index (χ1n) is 8.91. The predicted molar refractivity (Wildman–Crippen MR) is 128 cm³/mol. The molecule has 0 bridgehead atoms. The second kappa shape index (κ2) is 9.27. The van der Waals surface area contributed by atoms with E-state index in [4.69, 9.17) is 27.9 Å². The van der Waals surface area contributed by atoms with Gasteiger partial charge in [0.05, 0.1) is 23.0 Å². The molecule has 0 saturated carbocycles. The summed E-state index contributed by atoms with van der Waals surface area (Å²) in [6.45, 7) is 0. The maximum atomic E-state index is 10.2. The molecule has 0 saturated heterocycles. The average molecular weight is 475 g/mol. The largest absolute Gasteiger partial charge is 0.504 e. The van der Waals surface area contributed by atoms with Gasteiger partial charge in [-0.3, -0.25) is 4.99 Å². The number of hydrogen-bond donors (Lipinski definition) is 1. The fourth-order valence-electron chi connectivity index (χ4n) is 2.79. The van der Waals surface area contributed by atoms with Gasteiger partial charge in [-0.1, -0.05) is 47.1 Å². The molecule has 1 heterocycles. The molecule has 0 radical (unpaired) electrons. The van der Waals surface area contributed by atoms with E-state index in [1.807, 2.05) is 36.4 Å². The number of nitrogens with zero attached hydrogens (tertiary/aromatic N) is 2. The molecule has 0 unspecified atom stereocenters. The van der Waals surface area contributed by atoms with Crippen LogP contribution < -0.4 is 4.74 Å². The van der Waals surface area contributed by atoms with Crippen LogP contribution in [0.2, 0.25) is 10.0 Å². The number of thiazole rings is 1. The summed E-state index contributed by atoms with van der Waals surface area (Å²) >= 11 is 15.7. The van der Waals surface area contributed by atoms with Crippen LogP contribution in [0.25, 0.3) is 10.2 Å². The number of phenolic OH excluding ortho intramolecular Hbond substituents is 1. The van der Waals surface area contributed by atoms with Gasteiger partial charge in [0.25, 0.3) is 0 Å². The van der Waals surface area contributed by atoms with Crippen molar-refractivity contribution in [1.29, 1.82) is 0 Å². The number of methoxy groups -OCH3 is 1. The quantitative estimate of drug-likeness (QED) is 0.234. The van der Waals surface area contributed by atoms with Gasteiger partial charge in [-0.15, -0.1) is 11.3 Å². The average Bonchev–Trinajstić information content (AvgIpc) is 3.15. The van der Waals surface area contributed by atoms with Crippen LogP contribution in [0.1, 0.15) is 11.1 Å². The highest BCUT2D eigenvalue weighted by Crippen LogP contribution is 2.36. The first-order chi connectivity index (χ1) is 14.5. The maximum Gasteiger partial charge on any atom is 0.166 e. The van der Waals surface area contributed by atoms with Gasteiger partial charge < -0.3 is 9.84 Å². The van der Waals surface area contributed by atoms with Crippen molar-refractivity contribution in [2.45, 2.75) is 10.1 Å². The van der Waals surface area contributed by atoms with Crippen LogP contribution in [0.5, 0.6) is 11.5 Å². The predicted octanol–water partition coefficient (Wildman–Crippen LogP) is 7.36. The van der Waals surface area contributed by atoms with Gasteiger partial charge in [0.1, 0.15) is 0 Å². The van der Waals surface area contributed by atoms with Gasteiger partial charge in [-0.2, -0.15) is 0 Å². The van der Waals surface area contributed by atoms with Gasteiger partial charge in [0.2, 0.25) is 0 Å². The van der Waals surface area contributed by atoms with Crippen LogP contribution in [0, 0.1) is 0 Å². The molecular weight excluding hydrogens is 459 g/mol. The van der Waals surface area contributed by atoms with Crippen LogP contribution in [-0.4, -0.2) is 23.4 Å². The van der Waals surface area contributed by atoms with E-state index in [1.54, 1.807) is 47.5 Å². The minimum absolute atomic E-state index is 0.0690. The number of ether oxygens (including phenoxy) is 1. The molecule has 4 aromatic rings. The Hall–Kier alpha value is -2.25. The first kappa shape index (κ1) is 21.0. The zero-order valence-corrected chi connectivity index (χ0v) is 18.9. The second-order valence-electron chi connectivity index (χ2n) is 6.28. The number of para-hydroxylation sites is 1. The lowest BCUT2D eigenvalue weighted by molar-refractivity contribution is 0.373. The summed E-state index contributed by atoms with van der Waals surface area (Å²) in [7, 11) is 1.52. The first-order valence-corrected chi connectivity index (χ1v) is 11.5. The minimum atomic E-state index is 0.0690. The molecule has 8 heteroatoms. The SMILES string of the molecule is COc1cccc(C=Nc2ccc3nc(SCc4c(Cl)cccc4Cl)sc3c2)c1O. The van der Waals surface area contributed by atoms with Crippen molar-refractivity contribution < 1.29 is 9.84 Å². The normalized spacial score (nSPS) is 11.4. The molecule has 0 aliphatic carbocycles. The Bertz CT molecular complexity index is 1220. The Morgan fingerprint density at radius 3 is 2.67 bits per heavy atom. The molecule has 0 amide bonds. The Labute approximate surface area is 192 Å². The maximum absolute atomic E-state index is 10.2. The molecule has 1 N–H and O–H groups in total. The monoisotopic (exact) mass is 474 g/mol. The summed E-state index contributed by atoms with van der Waals surface area (Å²) in [4.78, 5) is 9.16. The number of fused-ring (bicyclic) bond motifs is 1. The number of phenols is 1. The van der Waals surface area contributed by atoms with E-state index < -0.39 is 0 Å². The number of aliphatic imine (C=N–C) groups is 1. The molecule has 0 aliphatic rings. The zero-order valence-electron chi connectivity index (χ0n) is 15.8. The van der Waals surface area contributed by atoms with Gasteiger partial charge in [0.15, 0.2) is 15.8 Å². The second-order valence-corrected chi connectivity index (χ2v) is 9.34. The van der Waals surface area contributed by atoms with Gasteiger partial charge in [-0.05, 0) is 48.0 Å². The molecule has 30 heavy (non-hydrogen) atoms. The minimum Gasteiger partial charge on any atom is -0.504 e. The van der Waals surface area contributed by atoms with E-state index in [0.717, 1.165) is 25.8 Å². The van der Waals surface area contributed by atoms with Gasteiger partial charge in [0, 0.05) is 27.6 Å². The van der Waals surface area contributed by atoms with Crippen LogP contribution in [0.15, 0.2) is 63.9 Å². The highest BCUT2D eigenvalue weighted by atomic mass is 35.5. The third-order valence-electron chi connectivity index (χ3n) is 4.36. The summed E-state index contributed by atoms with van der Waals surface area (Å²) in [5.41, 5.74) is 3.19. The molecular formula is C22H16Cl2N2O2S2. The summed E-state index contributed by atoms with van der Waals surface area (Å²) in [6.07, 6.45) is 1.62. The van der Waals surface area contributed by atoms with Crippen LogP contribution >= 0.6 is 46.3 Å². The van der Waals surface area contributed by atoms with Crippen LogP contribution in [0.3, 0.4) is 0 Å². The van der Waals surface area contributed by atoms with Crippen LogP contribution in [-0.2, 0) is 5.75 Å². The van der Waals surface area contributed by atoms with E-state index in [-0.39, 0.29) is 5.75 Å². The lowest BCUT2D eigenvalue weighted by atomic mass is 10.2. The summed E-state index contributed by atoms with van der Waals surface area (Å²) < 4.78 is 7.10. The Kier molecular flexibility index (Phi) is 6.49. The van der Waals surface area contributed by atoms with Crippen molar-refractivity contribution in [1.82, 2.24) is 4.98 Å². The molecule has 0 aliphatic heterocycles. The van der Waals surface area contributed by atoms with Crippen molar-refractivity contribution in [2.24, 2.45) is 4.99 Å². The molecule has 1 aromatic heterocycles. The molecule has 152 valence electrons. The van der Waals surface area contributed by atoms with E-state index in [2.05, 4.69) is 9.98 Å². The van der Waals surface area contributed by atoms with E-state index >= 15 is 0 Å². The van der Waals surface area contributed by atoms with E-state index in [1.165, 1.54) is 7.11 Å². The summed E-state index contributed by atoms with van der Waals surface area (Å²) in [5.74, 6) is 1.13. The summed E-state index contributed by atoms with van der Waals surface area (Å²) in [5, 5.41) is 11.5. The molecule has 0 atom stereocenters. The fraction of sp³-hybridized carbons (Fsp3) is 0.0909. The highest BCUT2D eigenvalue weighted by Gasteiger charge is 2.10. The van der Waals surface area contributed by atoms with Crippen molar-refractivity contribution in [3.63, 3.8) is 0 Å². The molecule has 3 aromatic carbocycles. The lowest BCUT2D eigenvalue weighted by Gasteiger charge is -2.04. The number of thioether (sulfide) groups is 1. The Morgan fingerprint density at radius 1 is 1.13 bits per heavy atom. The molecule has 0 fully saturated rings. The number of aromatic nitrogens is 1. The molecule has 0 spiro atoms. The fourth-order valence-corrected chi connectivity index (χ4v) is 5.63. The van der Waals surface area contributed by atoms with Crippen molar-refractivity contribution >= 4 is 68.4 Å². The van der Waals surface area contributed by atoms with Crippen molar-refractivity contribution in [3.05, 3.63) is 75.8 Å². The standard InChI is InChI=1S/C22H16Cl2N2O2S2/c1-28-19-7-2-4-13(21(19)27)11-25-14-8-9-18-20(10-14)30-22(26-18)29-12-15-16(23)5-3-6-17(15)24/h2-11,27H,12H2,1H3. The number of aromatic hydroxyl groups is 1. The van der Waals surface area contributed by atoms with E-state index in [0.29, 0.717) is 27.1 Å². The Balaban J connectivity index is 1.53. The number of rotatable bonds is 6. The topological polar surface area (TPSA) is 54.7 Å². The third-order valence-corrected chi connectivity index (χ3v) is 7.25. The number of halogens is 2. The lowest BCUT2D eigenvalue weighted by Crippen LogP contribution is -1.88. The smallest absolute Gasteiger partial charge is 0.166 e. The molecule has 4 nitrogen and oxygen atoms in total. The van der Waals surface area contributed by atoms with Crippen LogP contribution in [0.4, 0.5) is 5.69 Å². The Morgan fingerprint density at radius 2 is 1.90 bits per heavy atom.